The first-order valence-corrected chi connectivity index (χ1v) is 10.5. The van der Waals surface area contributed by atoms with Gasteiger partial charge in [0, 0.05) is 25.0 Å². The highest BCUT2D eigenvalue weighted by molar-refractivity contribution is 7.20. The van der Waals surface area contributed by atoms with Crippen molar-refractivity contribution < 1.29 is 0 Å². The number of anilines is 1. The van der Waals surface area contributed by atoms with E-state index in [1.807, 2.05) is 4.52 Å². The van der Waals surface area contributed by atoms with Crippen LogP contribution in [0.4, 0.5) is 5.13 Å². The summed E-state index contributed by atoms with van der Waals surface area (Å²) in [7, 11) is 0. The number of halogens is 1. The number of aromatic nitrogens is 3. The van der Waals surface area contributed by atoms with E-state index in [2.05, 4.69) is 35.4 Å². The fourth-order valence-corrected chi connectivity index (χ4v) is 5.80. The molecule has 2 fully saturated rings. The molecule has 5 nitrogen and oxygen atoms in total. The molecule has 1 saturated heterocycles. The lowest BCUT2D eigenvalue weighted by molar-refractivity contribution is 0.187. The van der Waals surface area contributed by atoms with E-state index in [0.717, 1.165) is 42.4 Å². The van der Waals surface area contributed by atoms with Gasteiger partial charge in [-0.3, -0.25) is 0 Å². The molecule has 2 aliphatic carbocycles. The van der Waals surface area contributed by atoms with E-state index in [1.54, 1.807) is 11.3 Å². The van der Waals surface area contributed by atoms with Crippen LogP contribution in [0.25, 0.3) is 4.96 Å². The zero-order chi connectivity index (χ0) is 17.3. The summed E-state index contributed by atoms with van der Waals surface area (Å²) >= 11 is 1.72. The Bertz CT molecular complexity index is 952. The average molecular weight is 402 g/mol. The fraction of sp³-hybridized carbons (Fsp3) is 0.500. The number of imidazole rings is 1. The lowest BCUT2D eigenvalue weighted by Crippen LogP contribution is -2.44. The molecule has 0 amide bonds. The van der Waals surface area contributed by atoms with Gasteiger partial charge >= 0.3 is 0 Å². The minimum absolute atomic E-state index is 0. The molecule has 27 heavy (non-hydrogen) atoms. The molecule has 3 heterocycles. The summed E-state index contributed by atoms with van der Waals surface area (Å²) in [6.07, 6.45) is 8.10. The number of hydrogen-bond donors (Lipinski definition) is 1. The van der Waals surface area contributed by atoms with E-state index < -0.39 is 0 Å². The minimum Gasteiger partial charge on any atom is -0.347 e. The summed E-state index contributed by atoms with van der Waals surface area (Å²) in [5.41, 5.74) is 11.0. The maximum atomic E-state index is 6.69. The van der Waals surface area contributed by atoms with Gasteiger partial charge in [0.05, 0.1) is 11.9 Å². The molecular weight excluding hydrogens is 378 g/mol. The Hall–Kier alpha value is -1.63. The van der Waals surface area contributed by atoms with E-state index in [0.29, 0.717) is 5.92 Å². The van der Waals surface area contributed by atoms with Gasteiger partial charge in [-0.25, -0.2) is 9.50 Å². The first kappa shape index (κ1) is 17.5. The Morgan fingerprint density at radius 1 is 1.15 bits per heavy atom. The molecule has 1 atom stereocenters. The van der Waals surface area contributed by atoms with E-state index >= 15 is 0 Å². The third-order valence-electron chi connectivity index (χ3n) is 6.67. The van der Waals surface area contributed by atoms with Gasteiger partial charge in [0.1, 0.15) is 0 Å². The second-order valence-electron chi connectivity index (χ2n) is 8.25. The highest BCUT2D eigenvalue weighted by atomic mass is 35.5. The second kappa shape index (κ2) is 6.19. The van der Waals surface area contributed by atoms with Crippen molar-refractivity contribution in [3.8, 4) is 0 Å². The summed E-state index contributed by atoms with van der Waals surface area (Å²) in [6, 6.07) is 8.91. The van der Waals surface area contributed by atoms with E-state index in [9.17, 15) is 0 Å². The summed E-state index contributed by atoms with van der Waals surface area (Å²) < 4.78 is 1.98. The van der Waals surface area contributed by atoms with Gasteiger partial charge < -0.3 is 10.6 Å². The number of piperidine rings is 1. The van der Waals surface area contributed by atoms with Crippen LogP contribution in [0.3, 0.4) is 0 Å². The van der Waals surface area contributed by atoms with E-state index in [4.69, 9.17) is 15.8 Å². The number of benzene rings is 1. The predicted molar refractivity (Wildman–Crippen MR) is 111 cm³/mol. The molecule has 2 N–H and O–H groups in total. The lowest BCUT2D eigenvalue weighted by atomic mass is 9.73. The Balaban J connectivity index is 0.00000160. The van der Waals surface area contributed by atoms with Crippen LogP contribution >= 0.6 is 23.7 Å². The molecule has 0 unspecified atom stereocenters. The molecule has 1 saturated carbocycles. The Morgan fingerprint density at radius 2 is 1.93 bits per heavy atom. The largest absolute Gasteiger partial charge is 0.347 e. The van der Waals surface area contributed by atoms with E-state index in [-0.39, 0.29) is 23.9 Å². The van der Waals surface area contributed by atoms with Crippen molar-refractivity contribution in [3.63, 3.8) is 0 Å². The van der Waals surface area contributed by atoms with Crippen LogP contribution in [0.1, 0.15) is 54.5 Å². The van der Waals surface area contributed by atoms with Gasteiger partial charge in [0.15, 0.2) is 0 Å². The third-order valence-corrected chi connectivity index (χ3v) is 7.65. The summed E-state index contributed by atoms with van der Waals surface area (Å²) in [5, 5.41) is 5.91. The number of nitrogens with two attached hydrogens (primary N) is 1. The maximum absolute atomic E-state index is 6.69. The maximum Gasteiger partial charge on any atom is 0.214 e. The Labute approximate surface area is 169 Å². The number of nitrogens with zero attached hydrogens (tertiary/aromatic N) is 4. The van der Waals surface area contributed by atoms with Crippen LogP contribution in [-0.2, 0) is 6.42 Å². The predicted octanol–water partition coefficient (Wildman–Crippen LogP) is 3.93. The summed E-state index contributed by atoms with van der Waals surface area (Å²) in [5.74, 6) is 0.688. The van der Waals surface area contributed by atoms with Crippen LogP contribution in [0.5, 0.6) is 0 Å². The van der Waals surface area contributed by atoms with Gasteiger partial charge in [-0.2, -0.15) is 0 Å². The van der Waals surface area contributed by atoms with Gasteiger partial charge in [-0.05, 0) is 48.6 Å². The molecule has 6 rings (SSSR count). The molecule has 1 aromatic carbocycles. The van der Waals surface area contributed by atoms with E-state index in [1.165, 1.54) is 29.7 Å². The van der Waals surface area contributed by atoms with Crippen molar-refractivity contribution in [2.45, 2.75) is 44.1 Å². The van der Waals surface area contributed by atoms with Crippen LogP contribution in [-0.4, -0.2) is 27.7 Å². The quantitative estimate of drug-likeness (QED) is 0.706. The average Bonchev–Trinajstić information content (AvgIpc) is 3.24. The van der Waals surface area contributed by atoms with Crippen LogP contribution in [0, 0.1) is 5.41 Å². The number of rotatable bonds is 2. The molecule has 1 aliphatic heterocycles. The van der Waals surface area contributed by atoms with Crippen LogP contribution in [0.2, 0.25) is 0 Å². The lowest BCUT2D eigenvalue weighted by Gasteiger charge is -2.42. The smallest absolute Gasteiger partial charge is 0.214 e. The first-order chi connectivity index (χ1) is 12.7. The molecule has 3 aliphatic rings. The van der Waals surface area contributed by atoms with Gasteiger partial charge in [0.25, 0.3) is 0 Å². The van der Waals surface area contributed by atoms with Crippen molar-refractivity contribution in [1.82, 2.24) is 14.6 Å². The van der Waals surface area contributed by atoms with Gasteiger partial charge in [-0.15, -0.1) is 17.5 Å². The van der Waals surface area contributed by atoms with Gasteiger partial charge in [0.2, 0.25) is 10.1 Å². The molecule has 0 radical (unpaired) electrons. The zero-order valence-electron chi connectivity index (χ0n) is 15.2. The number of fused-ring (bicyclic) bond motifs is 2. The zero-order valence-corrected chi connectivity index (χ0v) is 16.8. The molecule has 142 valence electrons. The molecule has 0 bridgehead atoms. The summed E-state index contributed by atoms with van der Waals surface area (Å²) in [4.78, 5) is 8.23. The van der Waals surface area contributed by atoms with Crippen molar-refractivity contribution in [1.29, 1.82) is 0 Å². The van der Waals surface area contributed by atoms with Crippen LogP contribution < -0.4 is 10.6 Å². The molecule has 2 aromatic heterocycles. The van der Waals surface area contributed by atoms with Crippen molar-refractivity contribution >= 4 is 33.8 Å². The molecule has 7 heteroatoms. The van der Waals surface area contributed by atoms with Crippen LogP contribution in [0.15, 0.2) is 30.5 Å². The highest BCUT2D eigenvalue weighted by Gasteiger charge is 2.46. The fourth-order valence-electron chi connectivity index (χ4n) is 4.86. The Kier molecular flexibility index (Phi) is 4.00. The minimum atomic E-state index is 0. The number of hydrogen-bond acceptors (Lipinski definition) is 5. The first-order valence-electron chi connectivity index (χ1n) is 9.66. The summed E-state index contributed by atoms with van der Waals surface area (Å²) in [6.45, 7) is 2.07. The van der Waals surface area contributed by atoms with Crippen molar-refractivity contribution in [2.24, 2.45) is 11.1 Å². The molecule has 1 spiro atoms. The topological polar surface area (TPSA) is 59.5 Å². The third kappa shape index (κ3) is 2.69. The standard InChI is InChI=1S/C20H23N5S.ClH/c21-17-15-4-2-1-3-14(15)11-20(17)7-9-24(10-8-20)19-23-25-12-16(13-5-6-13)22-18(25)26-19;/h1-4,12-13,17H,5-11,21H2;1H/t17-;/m1./s1. The SMILES string of the molecule is Cl.N[C@@H]1c2ccccc2CC12CCN(c1nn3cc(C4CC4)nc3s1)CC2. The molecular formula is C20H24ClN5S. The van der Waals surface area contributed by atoms with Crippen molar-refractivity contribution in [2.75, 3.05) is 18.0 Å². The van der Waals surface area contributed by atoms with Gasteiger partial charge in [-0.1, -0.05) is 35.6 Å². The highest BCUT2D eigenvalue weighted by Crippen LogP contribution is 2.51. The van der Waals surface area contributed by atoms with Crippen molar-refractivity contribution in [3.05, 3.63) is 47.3 Å². The monoisotopic (exact) mass is 401 g/mol. The normalized spacial score (nSPS) is 23.6. The Morgan fingerprint density at radius 3 is 2.63 bits per heavy atom. The molecule has 3 aromatic rings. The second-order valence-corrected chi connectivity index (χ2v) is 9.19.